The van der Waals surface area contributed by atoms with E-state index in [9.17, 15) is 0 Å². The van der Waals surface area contributed by atoms with Gasteiger partial charge in [-0.1, -0.05) is 5.57 Å². The van der Waals surface area contributed by atoms with Crippen molar-refractivity contribution in [2.75, 3.05) is 0 Å². The number of furan rings is 1. The van der Waals surface area contributed by atoms with Crippen LogP contribution in [0.5, 0.6) is 0 Å². The molecule has 1 aromatic heterocycles. The second-order valence-corrected chi connectivity index (χ2v) is 3.06. The largest absolute Gasteiger partial charge is 0.465 e. The molecule has 0 fully saturated rings. The molecule has 1 rings (SSSR count). The summed E-state index contributed by atoms with van der Waals surface area (Å²) in [4.78, 5) is 0. The highest BCUT2D eigenvalue weighted by molar-refractivity contribution is 5.46. The molecular formula is C10H14O2. The van der Waals surface area contributed by atoms with Gasteiger partial charge in [-0.15, -0.1) is 0 Å². The van der Waals surface area contributed by atoms with Crippen LogP contribution in [0, 0.1) is 0 Å². The van der Waals surface area contributed by atoms with Gasteiger partial charge in [0.1, 0.15) is 5.76 Å². The Morgan fingerprint density at radius 1 is 1.75 bits per heavy atom. The zero-order valence-electron chi connectivity index (χ0n) is 7.45. The van der Waals surface area contributed by atoms with Crippen LogP contribution in [0.1, 0.15) is 26.0 Å². The summed E-state index contributed by atoms with van der Waals surface area (Å²) in [5, 5.41) is 9.08. The molecule has 1 N–H and O–H groups in total. The lowest BCUT2D eigenvalue weighted by Gasteiger charge is -2.02. The van der Waals surface area contributed by atoms with Gasteiger partial charge in [-0.05, 0) is 38.5 Å². The van der Waals surface area contributed by atoms with Crippen molar-refractivity contribution in [3.63, 3.8) is 0 Å². The molecule has 0 bridgehead atoms. The highest BCUT2D eigenvalue weighted by Crippen LogP contribution is 2.11. The average Bonchev–Trinajstić information content (AvgIpc) is 2.37. The van der Waals surface area contributed by atoms with Gasteiger partial charge in [-0.2, -0.15) is 0 Å². The molecule has 2 heteroatoms. The summed E-state index contributed by atoms with van der Waals surface area (Å²) >= 11 is 0. The first-order valence-electron chi connectivity index (χ1n) is 4.07. The molecule has 2 nitrogen and oxygen atoms in total. The molecule has 1 aromatic rings. The molecule has 0 saturated heterocycles. The molecule has 0 radical (unpaired) electrons. The monoisotopic (exact) mass is 166 g/mol. The average molecular weight is 166 g/mol. The third-order valence-corrected chi connectivity index (χ3v) is 1.55. The molecule has 12 heavy (non-hydrogen) atoms. The zero-order valence-corrected chi connectivity index (χ0v) is 7.45. The van der Waals surface area contributed by atoms with Crippen LogP contribution in [0.25, 0.3) is 6.08 Å². The van der Waals surface area contributed by atoms with Crippen molar-refractivity contribution in [3.05, 3.63) is 29.7 Å². The van der Waals surface area contributed by atoms with E-state index in [0.29, 0.717) is 6.42 Å². The fourth-order valence-corrected chi connectivity index (χ4v) is 1.14. The van der Waals surface area contributed by atoms with E-state index in [1.807, 2.05) is 25.1 Å². The SMILES string of the molecule is C/C(=C\c1ccco1)C[C@H](C)O. The Balaban J connectivity index is 2.57. The van der Waals surface area contributed by atoms with Crippen LogP contribution in [0.4, 0.5) is 0 Å². The van der Waals surface area contributed by atoms with Gasteiger partial charge in [-0.25, -0.2) is 0 Å². The lowest BCUT2D eigenvalue weighted by Crippen LogP contribution is -1.98. The first kappa shape index (κ1) is 9.07. The fourth-order valence-electron chi connectivity index (χ4n) is 1.14. The minimum Gasteiger partial charge on any atom is -0.465 e. The standard InChI is InChI=1S/C10H14O2/c1-8(6-9(2)11)7-10-4-3-5-12-10/h3-5,7,9,11H,6H2,1-2H3/b8-7+/t9-/m0/s1. The smallest absolute Gasteiger partial charge is 0.126 e. The van der Waals surface area contributed by atoms with E-state index in [4.69, 9.17) is 9.52 Å². The van der Waals surface area contributed by atoms with Crippen LogP contribution in [-0.4, -0.2) is 11.2 Å². The van der Waals surface area contributed by atoms with E-state index in [1.54, 1.807) is 13.2 Å². The van der Waals surface area contributed by atoms with Gasteiger partial charge in [-0.3, -0.25) is 0 Å². The molecule has 0 aliphatic carbocycles. The quantitative estimate of drug-likeness (QED) is 0.748. The first-order chi connectivity index (χ1) is 5.68. The molecule has 0 unspecified atom stereocenters. The van der Waals surface area contributed by atoms with Crippen LogP contribution in [0.2, 0.25) is 0 Å². The Morgan fingerprint density at radius 2 is 2.50 bits per heavy atom. The van der Waals surface area contributed by atoms with Gasteiger partial charge in [0.15, 0.2) is 0 Å². The predicted molar refractivity (Wildman–Crippen MR) is 48.7 cm³/mol. The summed E-state index contributed by atoms with van der Waals surface area (Å²) in [6.45, 7) is 3.76. The minimum atomic E-state index is -0.281. The molecule has 0 saturated carbocycles. The van der Waals surface area contributed by atoms with Crippen molar-refractivity contribution < 1.29 is 9.52 Å². The number of aliphatic hydroxyl groups is 1. The summed E-state index contributed by atoms with van der Waals surface area (Å²) in [5.74, 6) is 0.841. The third kappa shape index (κ3) is 2.93. The van der Waals surface area contributed by atoms with Crippen LogP contribution < -0.4 is 0 Å². The van der Waals surface area contributed by atoms with Gasteiger partial charge >= 0.3 is 0 Å². The van der Waals surface area contributed by atoms with Crippen molar-refractivity contribution in [3.8, 4) is 0 Å². The lowest BCUT2D eigenvalue weighted by molar-refractivity contribution is 0.195. The molecule has 0 aromatic carbocycles. The van der Waals surface area contributed by atoms with E-state index in [1.165, 1.54) is 0 Å². The molecular weight excluding hydrogens is 152 g/mol. The molecule has 66 valence electrons. The maximum absolute atomic E-state index is 9.08. The summed E-state index contributed by atoms with van der Waals surface area (Å²) in [6, 6.07) is 3.74. The summed E-state index contributed by atoms with van der Waals surface area (Å²) in [7, 11) is 0. The van der Waals surface area contributed by atoms with E-state index in [-0.39, 0.29) is 6.10 Å². The van der Waals surface area contributed by atoms with Crippen molar-refractivity contribution in [2.24, 2.45) is 0 Å². The predicted octanol–water partition coefficient (Wildman–Crippen LogP) is 2.45. The highest BCUT2D eigenvalue weighted by Gasteiger charge is 1.98. The van der Waals surface area contributed by atoms with Crippen molar-refractivity contribution in [2.45, 2.75) is 26.4 Å². The second kappa shape index (κ2) is 4.12. The Morgan fingerprint density at radius 3 is 3.00 bits per heavy atom. The summed E-state index contributed by atoms with van der Waals surface area (Å²) < 4.78 is 5.13. The van der Waals surface area contributed by atoms with Crippen molar-refractivity contribution in [1.29, 1.82) is 0 Å². The summed E-state index contributed by atoms with van der Waals surface area (Å²) in [6.07, 6.45) is 3.99. The number of rotatable bonds is 3. The van der Waals surface area contributed by atoms with Crippen LogP contribution in [-0.2, 0) is 0 Å². The van der Waals surface area contributed by atoms with Gasteiger partial charge in [0, 0.05) is 0 Å². The zero-order chi connectivity index (χ0) is 8.97. The molecule has 0 aliphatic heterocycles. The Kier molecular flexibility index (Phi) is 3.11. The molecule has 1 atom stereocenters. The van der Waals surface area contributed by atoms with Gasteiger partial charge in [0.25, 0.3) is 0 Å². The second-order valence-electron chi connectivity index (χ2n) is 3.06. The minimum absolute atomic E-state index is 0.281. The van der Waals surface area contributed by atoms with Crippen molar-refractivity contribution >= 4 is 6.08 Å². The van der Waals surface area contributed by atoms with E-state index < -0.39 is 0 Å². The lowest BCUT2D eigenvalue weighted by atomic mass is 10.1. The Labute approximate surface area is 72.5 Å². The maximum atomic E-state index is 9.08. The number of aliphatic hydroxyl groups excluding tert-OH is 1. The summed E-state index contributed by atoms with van der Waals surface area (Å²) in [5.41, 5.74) is 1.12. The maximum Gasteiger partial charge on any atom is 0.126 e. The van der Waals surface area contributed by atoms with E-state index in [0.717, 1.165) is 11.3 Å². The fraction of sp³-hybridized carbons (Fsp3) is 0.400. The van der Waals surface area contributed by atoms with Gasteiger partial charge in [0.05, 0.1) is 12.4 Å². The highest BCUT2D eigenvalue weighted by atomic mass is 16.3. The molecule has 1 heterocycles. The third-order valence-electron chi connectivity index (χ3n) is 1.55. The van der Waals surface area contributed by atoms with Crippen LogP contribution in [0.3, 0.4) is 0 Å². The van der Waals surface area contributed by atoms with E-state index in [2.05, 4.69) is 0 Å². The van der Waals surface area contributed by atoms with Crippen LogP contribution in [0.15, 0.2) is 28.4 Å². The topological polar surface area (TPSA) is 33.4 Å². The Bertz CT molecular complexity index is 245. The van der Waals surface area contributed by atoms with Gasteiger partial charge in [0.2, 0.25) is 0 Å². The Hall–Kier alpha value is -1.02. The number of hydrogen-bond acceptors (Lipinski definition) is 2. The van der Waals surface area contributed by atoms with Crippen molar-refractivity contribution in [1.82, 2.24) is 0 Å². The normalized spacial score (nSPS) is 14.8. The van der Waals surface area contributed by atoms with Gasteiger partial charge < -0.3 is 9.52 Å². The van der Waals surface area contributed by atoms with E-state index >= 15 is 0 Å². The molecule has 0 aliphatic rings. The van der Waals surface area contributed by atoms with Crippen LogP contribution >= 0.6 is 0 Å². The molecule has 0 amide bonds. The number of hydrogen-bond donors (Lipinski definition) is 1. The first-order valence-corrected chi connectivity index (χ1v) is 4.07. The molecule has 0 spiro atoms.